The van der Waals surface area contributed by atoms with Gasteiger partial charge in [0.15, 0.2) is 5.82 Å². The third-order valence-corrected chi connectivity index (χ3v) is 3.35. The number of hydrogen-bond donors (Lipinski definition) is 1. The number of rotatable bonds is 4. The van der Waals surface area contributed by atoms with Crippen LogP contribution in [0.4, 0.5) is 0 Å². The molecule has 1 saturated heterocycles. The maximum Gasteiger partial charge on any atom is 0.165 e. The predicted molar refractivity (Wildman–Crippen MR) is 63.2 cm³/mol. The first-order chi connectivity index (χ1) is 8.20. The van der Waals surface area contributed by atoms with Crippen LogP contribution < -0.4 is 0 Å². The first-order valence-corrected chi connectivity index (χ1v) is 6.36. The van der Waals surface area contributed by atoms with E-state index in [4.69, 9.17) is 0 Å². The lowest BCUT2D eigenvalue weighted by molar-refractivity contribution is 0.0305. The number of likely N-dealkylation sites (tertiary alicyclic amines) is 1. The quantitative estimate of drug-likeness (QED) is 0.817. The summed E-state index contributed by atoms with van der Waals surface area (Å²) in [6, 6.07) is 0. The molecule has 0 spiro atoms. The maximum absolute atomic E-state index is 9.69. The summed E-state index contributed by atoms with van der Waals surface area (Å²) in [4.78, 5) is 2.31. The minimum atomic E-state index is -0.155. The van der Waals surface area contributed by atoms with Crippen molar-refractivity contribution in [2.45, 2.75) is 45.9 Å². The Labute approximate surface area is 102 Å². The van der Waals surface area contributed by atoms with Crippen molar-refractivity contribution < 1.29 is 5.11 Å². The van der Waals surface area contributed by atoms with E-state index in [2.05, 4.69) is 34.3 Å². The molecule has 96 valence electrons. The van der Waals surface area contributed by atoms with Crippen molar-refractivity contribution in [2.75, 3.05) is 13.1 Å². The average Bonchev–Trinajstić information content (AvgIpc) is 2.72. The van der Waals surface area contributed by atoms with Crippen molar-refractivity contribution in [1.29, 1.82) is 0 Å². The lowest BCUT2D eigenvalue weighted by Gasteiger charge is -2.33. The molecule has 0 amide bonds. The van der Waals surface area contributed by atoms with E-state index in [1.54, 1.807) is 0 Å². The molecule has 6 heteroatoms. The summed E-state index contributed by atoms with van der Waals surface area (Å²) in [5.74, 6) is 1.26. The first kappa shape index (κ1) is 12.4. The topological polar surface area (TPSA) is 67.1 Å². The van der Waals surface area contributed by atoms with Gasteiger partial charge in [-0.25, -0.2) is 4.68 Å². The number of aryl methyl sites for hydroxylation is 1. The summed E-state index contributed by atoms with van der Waals surface area (Å²) in [6.45, 7) is 7.69. The fraction of sp³-hybridized carbons (Fsp3) is 0.909. The largest absolute Gasteiger partial charge is 0.393 e. The van der Waals surface area contributed by atoms with Gasteiger partial charge in [-0.1, -0.05) is 13.8 Å². The first-order valence-electron chi connectivity index (χ1n) is 6.36. The Morgan fingerprint density at radius 2 is 2.29 bits per heavy atom. The van der Waals surface area contributed by atoms with Crippen LogP contribution in [0.1, 0.15) is 32.5 Å². The van der Waals surface area contributed by atoms with Crippen LogP contribution in [0.25, 0.3) is 0 Å². The standard InChI is InChI=1S/C11H21N5O/c1-3-5-16-11(12-13-14-16)8-15-6-4-10(17)9(2)7-15/h9-10,17H,3-8H2,1-2H3. The molecule has 6 nitrogen and oxygen atoms in total. The van der Waals surface area contributed by atoms with Gasteiger partial charge in [0.05, 0.1) is 12.6 Å². The molecule has 1 aromatic rings. The van der Waals surface area contributed by atoms with Gasteiger partial charge in [0, 0.05) is 19.6 Å². The minimum Gasteiger partial charge on any atom is -0.393 e. The number of piperidine rings is 1. The summed E-state index contributed by atoms with van der Waals surface area (Å²) in [5, 5.41) is 21.5. The highest BCUT2D eigenvalue weighted by Gasteiger charge is 2.25. The molecule has 0 aliphatic carbocycles. The van der Waals surface area contributed by atoms with Gasteiger partial charge in [0.25, 0.3) is 0 Å². The fourth-order valence-electron chi connectivity index (χ4n) is 2.29. The molecule has 2 unspecified atom stereocenters. The molecule has 1 aliphatic heterocycles. The summed E-state index contributed by atoms with van der Waals surface area (Å²) < 4.78 is 1.87. The molecule has 17 heavy (non-hydrogen) atoms. The predicted octanol–water partition coefficient (Wildman–Crippen LogP) is 0.286. The molecule has 2 atom stereocenters. The average molecular weight is 239 g/mol. The van der Waals surface area contributed by atoms with E-state index in [1.165, 1.54) is 0 Å². The zero-order chi connectivity index (χ0) is 12.3. The molecule has 2 rings (SSSR count). The van der Waals surface area contributed by atoms with Crippen molar-refractivity contribution >= 4 is 0 Å². The third-order valence-electron chi connectivity index (χ3n) is 3.35. The van der Waals surface area contributed by atoms with Gasteiger partial charge in [-0.3, -0.25) is 4.90 Å². The van der Waals surface area contributed by atoms with Crippen LogP contribution in [0, 0.1) is 5.92 Å². The Balaban J connectivity index is 1.94. The van der Waals surface area contributed by atoms with Crippen molar-refractivity contribution in [3.8, 4) is 0 Å². The van der Waals surface area contributed by atoms with E-state index < -0.39 is 0 Å². The molecule has 1 N–H and O–H groups in total. The number of tetrazole rings is 1. The normalized spacial score (nSPS) is 26.3. The van der Waals surface area contributed by atoms with Crippen LogP contribution in [-0.4, -0.2) is 49.4 Å². The van der Waals surface area contributed by atoms with Gasteiger partial charge in [0.2, 0.25) is 0 Å². The van der Waals surface area contributed by atoms with Gasteiger partial charge < -0.3 is 5.11 Å². The Morgan fingerprint density at radius 1 is 1.47 bits per heavy atom. The van der Waals surface area contributed by atoms with Gasteiger partial charge in [0.1, 0.15) is 0 Å². The van der Waals surface area contributed by atoms with Crippen LogP contribution in [0.2, 0.25) is 0 Å². The van der Waals surface area contributed by atoms with Crippen molar-refractivity contribution in [3.63, 3.8) is 0 Å². The lowest BCUT2D eigenvalue weighted by atomic mass is 9.97. The molecule has 0 saturated carbocycles. The molecule has 1 aliphatic rings. The van der Waals surface area contributed by atoms with E-state index in [-0.39, 0.29) is 6.10 Å². The number of nitrogens with zero attached hydrogens (tertiary/aromatic N) is 5. The lowest BCUT2D eigenvalue weighted by Crippen LogP contribution is -2.41. The van der Waals surface area contributed by atoms with Gasteiger partial charge in [-0.15, -0.1) is 5.10 Å². The summed E-state index contributed by atoms with van der Waals surface area (Å²) in [6.07, 6.45) is 1.72. The number of aliphatic hydroxyl groups excluding tert-OH is 1. The van der Waals surface area contributed by atoms with Gasteiger partial charge in [-0.2, -0.15) is 0 Å². The second-order valence-electron chi connectivity index (χ2n) is 4.89. The summed E-state index contributed by atoms with van der Waals surface area (Å²) in [7, 11) is 0. The highest BCUT2D eigenvalue weighted by Crippen LogP contribution is 2.17. The number of hydrogen-bond acceptors (Lipinski definition) is 5. The second-order valence-corrected chi connectivity index (χ2v) is 4.89. The van der Waals surface area contributed by atoms with E-state index in [9.17, 15) is 5.11 Å². The zero-order valence-electron chi connectivity index (χ0n) is 10.6. The van der Waals surface area contributed by atoms with Crippen molar-refractivity contribution in [3.05, 3.63) is 5.82 Å². The molecule has 0 bridgehead atoms. The highest BCUT2D eigenvalue weighted by atomic mass is 16.3. The van der Waals surface area contributed by atoms with Gasteiger partial charge in [-0.05, 0) is 29.2 Å². The molecular formula is C11H21N5O. The Kier molecular flexibility index (Phi) is 4.06. The Morgan fingerprint density at radius 3 is 3.00 bits per heavy atom. The molecule has 1 aromatic heterocycles. The molecule has 0 aromatic carbocycles. The molecule has 1 fully saturated rings. The smallest absolute Gasteiger partial charge is 0.165 e. The third kappa shape index (κ3) is 3.01. The van der Waals surface area contributed by atoms with E-state index >= 15 is 0 Å². The monoisotopic (exact) mass is 239 g/mol. The minimum absolute atomic E-state index is 0.155. The van der Waals surface area contributed by atoms with Crippen molar-refractivity contribution in [1.82, 2.24) is 25.1 Å². The Bertz CT molecular complexity index is 353. The molecule has 2 heterocycles. The number of aromatic nitrogens is 4. The molecule has 0 radical (unpaired) electrons. The van der Waals surface area contributed by atoms with E-state index in [1.807, 2.05) is 4.68 Å². The summed E-state index contributed by atoms with van der Waals surface area (Å²) in [5.41, 5.74) is 0. The number of aliphatic hydroxyl groups is 1. The Hall–Kier alpha value is -1.01. The summed E-state index contributed by atoms with van der Waals surface area (Å²) >= 11 is 0. The zero-order valence-corrected chi connectivity index (χ0v) is 10.6. The highest BCUT2D eigenvalue weighted by molar-refractivity contribution is 4.85. The fourth-order valence-corrected chi connectivity index (χ4v) is 2.29. The molecular weight excluding hydrogens is 218 g/mol. The van der Waals surface area contributed by atoms with E-state index in [0.717, 1.165) is 44.8 Å². The maximum atomic E-state index is 9.69. The van der Waals surface area contributed by atoms with E-state index in [0.29, 0.717) is 5.92 Å². The van der Waals surface area contributed by atoms with Crippen LogP contribution in [0.5, 0.6) is 0 Å². The van der Waals surface area contributed by atoms with Crippen molar-refractivity contribution in [2.24, 2.45) is 5.92 Å². The van der Waals surface area contributed by atoms with Gasteiger partial charge >= 0.3 is 0 Å². The van der Waals surface area contributed by atoms with Crippen LogP contribution >= 0.6 is 0 Å². The van der Waals surface area contributed by atoms with Crippen LogP contribution in [0.3, 0.4) is 0 Å². The van der Waals surface area contributed by atoms with Crippen LogP contribution in [0.15, 0.2) is 0 Å². The SMILES string of the molecule is CCCn1nnnc1CN1CCC(O)C(C)C1. The van der Waals surface area contributed by atoms with Crippen LogP contribution in [-0.2, 0) is 13.1 Å². The second kappa shape index (κ2) is 5.55.